The van der Waals surface area contributed by atoms with E-state index in [0.717, 1.165) is 12.1 Å². The van der Waals surface area contributed by atoms with Crippen molar-refractivity contribution in [1.82, 2.24) is 4.98 Å². The van der Waals surface area contributed by atoms with Gasteiger partial charge in [-0.2, -0.15) is 0 Å². The average Bonchev–Trinajstić information content (AvgIpc) is 3.02. The molecule has 2 heterocycles. The van der Waals surface area contributed by atoms with Gasteiger partial charge in [-0.05, 0) is 30.7 Å². The Bertz CT molecular complexity index is 746. The number of rotatable bonds is 4. The normalized spacial score (nSPS) is 13.7. The molecule has 0 radical (unpaired) electrons. The number of nitrogens with zero attached hydrogens (tertiary/aromatic N) is 2. The molecule has 0 aliphatic carbocycles. The monoisotopic (exact) mass is 326 g/mol. The number of aromatic nitrogens is 1. The molecule has 0 atom stereocenters. The average molecular weight is 326 g/mol. The summed E-state index contributed by atoms with van der Waals surface area (Å²) in [4.78, 5) is 29.7. The zero-order valence-corrected chi connectivity index (χ0v) is 13.3. The number of urea groups is 1. The van der Waals surface area contributed by atoms with Crippen LogP contribution in [0.25, 0.3) is 0 Å². The predicted octanol–water partition coefficient (Wildman–Crippen LogP) is 2.86. The van der Waals surface area contributed by atoms with Crippen molar-refractivity contribution in [2.24, 2.45) is 0 Å². The third-order valence-corrected chi connectivity index (χ3v) is 3.73. The zero-order valence-electron chi connectivity index (χ0n) is 13.3. The van der Waals surface area contributed by atoms with Gasteiger partial charge in [-0.25, -0.2) is 9.78 Å². The number of anilines is 3. The largest absolute Gasteiger partial charge is 0.495 e. The maximum Gasteiger partial charge on any atom is 0.324 e. The Morgan fingerprint density at radius 1 is 1.21 bits per heavy atom. The number of benzene rings is 1. The molecular weight excluding hydrogens is 308 g/mol. The molecule has 0 saturated carbocycles. The summed E-state index contributed by atoms with van der Waals surface area (Å²) in [6.07, 6.45) is 3.02. The summed E-state index contributed by atoms with van der Waals surface area (Å²) in [6.45, 7) is 0.710. The van der Waals surface area contributed by atoms with Gasteiger partial charge in [-0.15, -0.1) is 0 Å². The first-order chi connectivity index (χ1) is 11.7. The topological polar surface area (TPSA) is 83.6 Å². The number of pyridine rings is 1. The highest BCUT2D eigenvalue weighted by atomic mass is 16.5. The van der Waals surface area contributed by atoms with E-state index in [0.29, 0.717) is 30.2 Å². The van der Waals surface area contributed by atoms with Crippen molar-refractivity contribution in [3.8, 4) is 5.75 Å². The maximum atomic E-state index is 12.1. The maximum absolute atomic E-state index is 12.1. The summed E-state index contributed by atoms with van der Waals surface area (Å²) < 4.78 is 5.18. The Kier molecular flexibility index (Phi) is 4.60. The van der Waals surface area contributed by atoms with Gasteiger partial charge in [0.25, 0.3) is 0 Å². The smallest absolute Gasteiger partial charge is 0.324 e. The van der Waals surface area contributed by atoms with E-state index in [9.17, 15) is 9.59 Å². The number of hydrogen-bond acceptors (Lipinski definition) is 4. The second kappa shape index (κ2) is 6.99. The van der Waals surface area contributed by atoms with Crippen LogP contribution in [-0.2, 0) is 4.79 Å². The first-order valence-corrected chi connectivity index (χ1v) is 7.65. The molecule has 0 bridgehead atoms. The van der Waals surface area contributed by atoms with Crippen molar-refractivity contribution < 1.29 is 14.3 Å². The number of ether oxygens (including phenoxy) is 1. The molecule has 7 heteroatoms. The van der Waals surface area contributed by atoms with Crippen LogP contribution in [0.5, 0.6) is 5.75 Å². The summed E-state index contributed by atoms with van der Waals surface area (Å²) in [5.41, 5.74) is 1.31. The van der Waals surface area contributed by atoms with Gasteiger partial charge in [0.1, 0.15) is 11.6 Å². The van der Waals surface area contributed by atoms with Gasteiger partial charge in [0.05, 0.1) is 24.7 Å². The van der Waals surface area contributed by atoms with Gasteiger partial charge in [-0.3, -0.25) is 10.1 Å². The van der Waals surface area contributed by atoms with Crippen molar-refractivity contribution in [3.05, 3.63) is 42.6 Å². The third kappa shape index (κ3) is 3.45. The van der Waals surface area contributed by atoms with Gasteiger partial charge >= 0.3 is 6.03 Å². The quantitative estimate of drug-likeness (QED) is 0.905. The fraction of sp³-hybridized carbons (Fsp3) is 0.235. The van der Waals surface area contributed by atoms with Crippen LogP contribution in [0.4, 0.5) is 22.0 Å². The Hall–Kier alpha value is -3.09. The molecule has 3 amide bonds. The zero-order chi connectivity index (χ0) is 16.9. The van der Waals surface area contributed by atoms with Crippen molar-refractivity contribution in [2.75, 3.05) is 29.2 Å². The van der Waals surface area contributed by atoms with E-state index in [2.05, 4.69) is 15.6 Å². The highest BCUT2D eigenvalue weighted by Gasteiger charge is 2.21. The minimum absolute atomic E-state index is 0.103. The lowest BCUT2D eigenvalue weighted by Crippen LogP contribution is -2.24. The molecule has 1 saturated heterocycles. The van der Waals surface area contributed by atoms with Crippen LogP contribution in [0.1, 0.15) is 12.8 Å². The predicted molar refractivity (Wildman–Crippen MR) is 91.5 cm³/mol. The number of carbonyl (C=O) groups is 2. The number of para-hydroxylation sites is 2. The number of nitrogens with one attached hydrogen (secondary N) is 2. The molecule has 1 fully saturated rings. The number of carbonyl (C=O) groups excluding carboxylic acids is 2. The minimum Gasteiger partial charge on any atom is -0.495 e. The van der Waals surface area contributed by atoms with Gasteiger partial charge in [0.15, 0.2) is 0 Å². The lowest BCUT2D eigenvalue weighted by molar-refractivity contribution is -0.117. The fourth-order valence-electron chi connectivity index (χ4n) is 2.56. The van der Waals surface area contributed by atoms with Crippen LogP contribution in [-0.4, -0.2) is 30.6 Å². The molecule has 7 nitrogen and oxygen atoms in total. The van der Waals surface area contributed by atoms with Crippen molar-refractivity contribution in [1.29, 1.82) is 0 Å². The number of amides is 3. The summed E-state index contributed by atoms with van der Waals surface area (Å²) in [7, 11) is 1.54. The van der Waals surface area contributed by atoms with Crippen molar-refractivity contribution >= 4 is 29.1 Å². The Morgan fingerprint density at radius 2 is 2.04 bits per heavy atom. The van der Waals surface area contributed by atoms with Crippen molar-refractivity contribution in [2.45, 2.75) is 12.8 Å². The summed E-state index contributed by atoms with van der Waals surface area (Å²) in [5, 5.41) is 5.36. The van der Waals surface area contributed by atoms with Crippen LogP contribution in [0.3, 0.4) is 0 Å². The molecule has 124 valence electrons. The lowest BCUT2D eigenvalue weighted by Gasteiger charge is -2.15. The van der Waals surface area contributed by atoms with Crippen LogP contribution in [0.15, 0.2) is 42.6 Å². The van der Waals surface area contributed by atoms with Gasteiger partial charge in [-0.1, -0.05) is 12.1 Å². The lowest BCUT2D eigenvalue weighted by atomic mass is 10.3. The molecule has 1 aromatic carbocycles. The van der Waals surface area contributed by atoms with Gasteiger partial charge < -0.3 is 15.0 Å². The Balaban J connectivity index is 1.63. The first kappa shape index (κ1) is 15.8. The van der Waals surface area contributed by atoms with Crippen molar-refractivity contribution in [3.63, 3.8) is 0 Å². The van der Waals surface area contributed by atoms with E-state index in [4.69, 9.17) is 4.74 Å². The van der Waals surface area contributed by atoms with E-state index >= 15 is 0 Å². The molecular formula is C17H18N4O3. The van der Waals surface area contributed by atoms with E-state index in [1.807, 2.05) is 6.07 Å². The summed E-state index contributed by atoms with van der Waals surface area (Å²) in [6, 6.07) is 10.2. The molecule has 0 spiro atoms. The number of methoxy groups -OCH3 is 1. The Labute approximate surface area is 139 Å². The highest BCUT2D eigenvalue weighted by molar-refractivity contribution is 6.00. The minimum atomic E-state index is -0.419. The van der Waals surface area contributed by atoms with E-state index < -0.39 is 6.03 Å². The van der Waals surface area contributed by atoms with Crippen LogP contribution >= 0.6 is 0 Å². The van der Waals surface area contributed by atoms with E-state index in [1.54, 1.807) is 48.5 Å². The van der Waals surface area contributed by atoms with Crippen LogP contribution < -0.4 is 20.3 Å². The fourth-order valence-corrected chi connectivity index (χ4v) is 2.56. The van der Waals surface area contributed by atoms with Crippen LogP contribution in [0.2, 0.25) is 0 Å². The molecule has 1 aromatic heterocycles. The molecule has 0 unspecified atom stereocenters. The second-order valence-corrected chi connectivity index (χ2v) is 5.33. The van der Waals surface area contributed by atoms with E-state index in [-0.39, 0.29) is 5.91 Å². The molecule has 1 aliphatic heterocycles. The third-order valence-electron chi connectivity index (χ3n) is 3.73. The number of hydrogen-bond donors (Lipinski definition) is 2. The summed E-state index contributed by atoms with van der Waals surface area (Å²) in [5.74, 6) is 1.08. The van der Waals surface area contributed by atoms with Gasteiger partial charge in [0, 0.05) is 13.0 Å². The Morgan fingerprint density at radius 3 is 2.71 bits per heavy atom. The standard InChI is InChI=1S/C17H18N4O3/c1-24-14-6-3-2-5-13(14)19-17(23)20-15-9-8-12(11-18-15)21-10-4-7-16(21)22/h2-3,5-6,8-9,11H,4,7,10H2,1H3,(H2,18,19,20,23). The molecule has 2 N–H and O–H groups in total. The SMILES string of the molecule is COc1ccccc1NC(=O)Nc1ccc(N2CCCC2=O)cn1. The molecule has 3 rings (SSSR count). The van der Waals surface area contributed by atoms with E-state index in [1.165, 1.54) is 0 Å². The molecule has 24 heavy (non-hydrogen) atoms. The summed E-state index contributed by atoms with van der Waals surface area (Å²) >= 11 is 0. The first-order valence-electron chi connectivity index (χ1n) is 7.65. The van der Waals surface area contributed by atoms with Gasteiger partial charge in [0.2, 0.25) is 5.91 Å². The molecule has 1 aliphatic rings. The van der Waals surface area contributed by atoms with Crippen LogP contribution in [0, 0.1) is 0 Å². The molecule has 2 aromatic rings. The second-order valence-electron chi connectivity index (χ2n) is 5.33. The highest BCUT2D eigenvalue weighted by Crippen LogP contribution is 2.24.